The highest BCUT2D eigenvalue weighted by Crippen LogP contribution is 2.29. The van der Waals surface area contributed by atoms with E-state index in [1.54, 1.807) is 18.2 Å². The summed E-state index contributed by atoms with van der Waals surface area (Å²) < 4.78 is 28.7. The van der Waals surface area contributed by atoms with Gasteiger partial charge in [-0.05, 0) is 31.2 Å². The Kier molecular flexibility index (Phi) is 8.99. The Labute approximate surface area is 247 Å². The Bertz CT molecular complexity index is 1540. The number of sulfonamides is 1. The number of carbonyl (C=O) groups is 2. The molecule has 0 radical (unpaired) electrons. The number of nitrogens with one attached hydrogen (secondary N) is 2. The molecule has 2 aliphatic heterocycles. The Balaban J connectivity index is 1.42. The van der Waals surface area contributed by atoms with Crippen molar-refractivity contribution >= 4 is 55.7 Å². The first-order chi connectivity index (χ1) is 19.6. The lowest BCUT2D eigenvalue weighted by molar-refractivity contribution is -0.133. The summed E-state index contributed by atoms with van der Waals surface area (Å²) >= 11 is 7.39. The molecule has 12 nitrogen and oxygen atoms in total. The summed E-state index contributed by atoms with van der Waals surface area (Å²) in [5.74, 6) is -0.741. The highest BCUT2D eigenvalue weighted by Gasteiger charge is 2.40. The van der Waals surface area contributed by atoms with Gasteiger partial charge in [-0.3, -0.25) is 9.59 Å². The van der Waals surface area contributed by atoms with Crippen molar-refractivity contribution in [3.05, 3.63) is 44.9 Å². The molecule has 3 aromatic rings. The third-order valence-corrected chi connectivity index (χ3v) is 10.6. The number of nitrogens with zero attached hydrogens (tertiary/aromatic N) is 4. The summed E-state index contributed by atoms with van der Waals surface area (Å²) in [7, 11) is -4.00. The minimum Gasteiger partial charge on any atom is -0.395 e. The first-order valence-electron chi connectivity index (χ1n) is 13.4. The van der Waals surface area contributed by atoms with E-state index in [0.717, 1.165) is 10.6 Å². The zero-order chi connectivity index (χ0) is 29.3. The SMILES string of the molecule is CC1Cc2nc(C(=O)N3CCN(S(=O)(=O)c4cc5cc(Cl)ccc5[nH]4)CC3CC(=O)N(CCO)CCO)sc2CN1. The number of carbonyl (C=O) groups excluding carboxylic acids is 2. The molecule has 1 fully saturated rings. The lowest BCUT2D eigenvalue weighted by Crippen LogP contribution is -2.57. The maximum absolute atomic E-state index is 13.7. The molecule has 2 unspecified atom stereocenters. The Morgan fingerprint density at radius 2 is 1.95 bits per heavy atom. The quantitative estimate of drug-likeness (QED) is 0.275. The van der Waals surface area contributed by atoms with Crippen molar-refractivity contribution in [3.8, 4) is 0 Å². The molecule has 2 aliphatic rings. The van der Waals surface area contributed by atoms with Gasteiger partial charge < -0.3 is 30.3 Å². The number of halogens is 1. The van der Waals surface area contributed by atoms with Gasteiger partial charge in [0.15, 0.2) is 5.01 Å². The molecule has 0 saturated carbocycles. The smallest absolute Gasteiger partial charge is 0.283 e. The predicted octanol–water partition coefficient (Wildman–Crippen LogP) is 1.03. The van der Waals surface area contributed by atoms with Crippen LogP contribution in [0.5, 0.6) is 0 Å². The van der Waals surface area contributed by atoms with E-state index in [1.165, 1.54) is 31.5 Å². The maximum atomic E-state index is 13.7. The fraction of sp³-hybridized carbons (Fsp3) is 0.500. The molecule has 222 valence electrons. The second-order valence-corrected chi connectivity index (χ2v) is 13.7. The van der Waals surface area contributed by atoms with Crippen LogP contribution in [0.1, 0.15) is 33.7 Å². The number of hydrogen-bond acceptors (Lipinski definition) is 9. The first kappa shape index (κ1) is 29.9. The van der Waals surface area contributed by atoms with Crippen LogP contribution in [0, 0.1) is 0 Å². The fourth-order valence-electron chi connectivity index (χ4n) is 5.30. The largest absolute Gasteiger partial charge is 0.395 e. The number of aliphatic hydroxyl groups is 2. The third-order valence-electron chi connectivity index (χ3n) is 7.46. The molecule has 2 atom stereocenters. The number of rotatable bonds is 9. The van der Waals surface area contributed by atoms with Crippen molar-refractivity contribution in [2.45, 2.75) is 43.4 Å². The lowest BCUT2D eigenvalue weighted by Gasteiger charge is -2.40. The van der Waals surface area contributed by atoms with Crippen LogP contribution in [0.15, 0.2) is 29.3 Å². The van der Waals surface area contributed by atoms with Crippen LogP contribution in [-0.2, 0) is 27.8 Å². The van der Waals surface area contributed by atoms with E-state index >= 15 is 0 Å². The van der Waals surface area contributed by atoms with Gasteiger partial charge in [-0.25, -0.2) is 13.4 Å². The van der Waals surface area contributed by atoms with Gasteiger partial charge in [0.05, 0.1) is 24.9 Å². The van der Waals surface area contributed by atoms with E-state index in [9.17, 15) is 28.2 Å². The number of thiazole rings is 1. The molecular formula is C26H33ClN6O6S2. The van der Waals surface area contributed by atoms with Gasteiger partial charge in [0.2, 0.25) is 5.91 Å². The molecule has 1 saturated heterocycles. The Hall–Kier alpha value is -2.59. The summed E-state index contributed by atoms with van der Waals surface area (Å²) in [5, 5.41) is 23.6. The van der Waals surface area contributed by atoms with Crippen LogP contribution < -0.4 is 5.32 Å². The van der Waals surface area contributed by atoms with Gasteiger partial charge in [-0.15, -0.1) is 11.3 Å². The van der Waals surface area contributed by atoms with E-state index in [0.29, 0.717) is 33.9 Å². The second kappa shape index (κ2) is 12.3. The lowest BCUT2D eigenvalue weighted by atomic mass is 10.1. The molecule has 0 spiro atoms. The topological polar surface area (TPSA) is 159 Å². The van der Waals surface area contributed by atoms with Gasteiger partial charge in [0, 0.05) is 79.0 Å². The van der Waals surface area contributed by atoms with Gasteiger partial charge in [-0.2, -0.15) is 4.31 Å². The molecule has 41 heavy (non-hydrogen) atoms. The van der Waals surface area contributed by atoms with Gasteiger partial charge in [0.25, 0.3) is 15.9 Å². The number of aromatic amines is 1. The predicted molar refractivity (Wildman–Crippen MR) is 154 cm³/mol. The molecule has 1 aromatic carbocycles. The highest BCUT2D eigenvalue weighted by atomic mass is 35.5. The number of amides is 2. The van der Waals surface area contributed by atoms with Gasteiger partial charge in [-0.1, -0.05) is 11.6 Å². The number of aromatic nitrogens is 2. The van der Waals surface area contributed by atoms with Crippen LogP contribution in [0.25, 0.3) is 10.9 Å². The van der Waals surface area contributed by atoms with Gasteiger partial charge >= 0.3 is 0 Å². The van der Waals surface area contributed by atoms with Crippen molar-refractivity contribution in [1.29, 1.82) is 0 Å². The molecule has 0 aliphatic carbocycles. The number of aliphatic hydroxyl groups excluding tert-OH is 2. The molecular weight excluding hydrogens is 592 g/mol. The summed E-state index contributed by atoms with van der Waals surface area (Å²) in [6.07, 6.45) is 0.532. The molecule has 4 heterocycles. The van der Waals surface area contributed by atoms with Crippen molar-refractivity contribution in [2.75, 3.05) is 45.9 Å². The molecule has 2 amide bonds. The van der Waals surface area contributed by atoms with Crippen LogP contribution in [0.3, 0.4) is 0 Å². The van der Waals surface area contributed by atoms with Crippen molar-refractivity contribution in [1.82, 2.24) is 29.4 Å². The first-order valence-corrected chi connectivity index (χ1v) is 16.0. The zero-order valence-corrected chi connectivity index (χ0v) is 24.9. The monoisotopic (exact) mass is 624 g/mol. The molecule has 15 heteroatoms. The second-order valence-electron chi connectivity index (χ2n) is 10.3. The number of fused-ring (bicyclic) bond motifs is 2. The van der Waals surface area contributed by atoms with Crippen LogP contribution >= 0.6 is 22.9 Å². The Morgan fingerprint density at radius 1 is 1.20 bits per heavy atom. The van der Waals surface area contributed by atoms with E-state index in [4.69, 9.17) is 11.6 Å². The van der Waals surface area contributed by atoms with E-state index in [2.05, 4.69) is 22.2 Å². The van der Waals surface area contributed by atoms with Crippen molar-refractivity contribution in [2.24, 2.45) is 0 Å². The minimum absolute atomic E-state index is 0.00368. The zero-order valence-electron chi connectivity index (χ0n) is 22.5. The minimum atomic E-state index is -4.00. The summed E-state index contributed by atoms with van der Waals surface area (Å²) in [5.41, 5.74) is 1.50. The molecule has 0 bridgehead atoms. The van der Waals surface area contributed by atoms with Gasteiger partial charge in [0.1, 0.15) is 5.03 Å². The normalized spacial score (nSPS) is 19.9. The highest BCUT2D eigenvalue weighted by molar-refractivity contribution is 7.89. The maximum Gasteiger partial charge on any atom is 0.283 e. The number of benzene rings is 1. The number of hydrogen-bond donors (Lipinski definition) is 4. The molecule has 2 aromatic heterocycles. The third kappa shape index (κ3) is 6.28. The molecule has 5 rings (SSSR count). The standard InChI is InChI=1S/C26H33ClN6O6S2/c1-16-10-21-22(14-28-16)40-25(30-21)26(37)33-5-4-32(15-19(33)13-24(36)31(6-8-34)7-9-35)41(38,39)23-12-17-11-18(27)2-3-20(17)29-23/h2-3,11-12,16,19,28-29,34-35H,4-10,13-15H2,1H3. The van der Waals surface area contributed by atoms with E-state index in [-0.39, 0.29) is 69.3 Å². The Morgan fingerprint density at radius 3 is 2.68 bits per heavy atom. The van der Waals surface area contributed by atoms with Crippen LogP contribution in [0.4, 0.5) is 0 Å². The summed E-state index contributed by atoms with van der Waals surface area (Å²) in [4.78, 5) is 38.4. The number of H-pyrrole nitrogens is 1. The van der Waals surface area contributed by atoms with Crippen molar-refractivity contribution < 1.29 is 28.2 Å². The average molecular weight is 625 g/mol. The van der Waals surface area contributed by atoms with Crippen LogP contribution in [0.2, 0.25) is 5.02 Å². The number of piperazine rings is 1. The summed E-state index contributed by atoms with van der Waals surface area (Å²) in [6, 6.07) is 6.03. The van der Waals surface area contributed by atoms with Crippen LogP contribution in [-0.4, -0.2) is 113 Å². The van der Waals surface area contributed by atoms with E-state index in [1.807, 2.05) is 0 Å². The summed E-state index contributed by atoms with van der Waals surface area (Å²) in [6.45, 7) is 2.14. The van der Waals surface area contributed by atoms with E-state index < -0.39 is 22.0 Å². The fourth-order valence-corrected chi connectivity index (χ4v) is 7.96. The van der Waals surface area contributed by atoms with Crippen molar-refractivity contribution in [3.63, 3.8) is 0 Å². The molecule has 4 N–H and O–H groups in total. The average Bonchev–Trinajstić information content (AvgIpc) is 3.56.